The van der Waals surface area contributed by atoms with Gasteiger partial charge in [-0.2, -0.15) is 4.68 Å². The van der Waals surface area contributed by atoms with E-state index in [1.807, 2.05) is 0 Å². The Labute approximate surface area is 179 Å². The first-order chi connectivity index (χ1) is 15.4. The van der Waals surface area contributed by atoms with Crippen molar-refractivity contribution in [3.8, 4) is 28.5 Å². The molecule has 11 heteroatoms. The minimum Gasteiger partial charge on any atom is -0.496 e. The summed E-state index contributed by atoms with van der Waals surface area (Å²) in [4.78, 5) is 32.1. The molecule has 0 aliphatic rings. The highest BCUT2D eigenvalue weighted by Crippen LogP contribution is 2.32. The summed E-state index contributed by atoms with van der Waals surface area (Å²) in [7, 11) is 2.94. The molecule has 0 spiro atoms. The zero-order chi connectivity index (χ0) is 22.8. The number of amides is 1. The van der Waals surface area contributed by atoms with Gasteiger partial charge in [-0.3, -0.25) is 9.78 Å². The Balaban J connectivity index is 1.63. The lowest BCUT2D eigenvalue weighted by molar-refractivity contribution is 0.101. The number of benzene rings is 2. The van der Waals surface area contributed by atoms with Crippen molar-refractivity contribution in [3.05, 3.63) is 76.5 Å². The van der Waals surface area contributed by atoms with E-state index in [2.05, 4.69) is 20.4 Å². The van der Waals surface area contributed by atoms with Gasteiger partial charge in [0.05, 0.1) is 25.2 Å². The fraction of sp³-hybridized carbons (Fsp3) is 0.0952. The van der Waals surface area contributed by atoms with E-state index in [1.165, 1.54) is 26.6 Å². The summed E-state index contributed by atoms with van der Waals surface area (Å²) < 4.78 is 39.1. The predicted octanol–water partition coefficient (Wildman–Crippen LogP) is 3.04. The maximum absolute atomic E-state index is 13.8. The number of aryl methyl sites for hydroxylation is 1. The normalized spacial score (nSPS) is 10.8. The number of carbonyl (C=O) groups excluding carboxylic acids is 1. The standard InChI is InChI=1S/C21H15F2N5O4/c1-28-21(30)32-20(27-28)11-6-7-16(31-2)12(8-11)15-9-25-17(10-24-15)26-19(29)18-13(22)4-3-5-14(18)23/h3-10H,1-2H3,(H,25,26,29). The second-order valence-electron chi connectivity index (χ2n) is 6.55. The van der Waals surface area contributed by atoms with Crippen LogP contribution in [0.4, 0.5) is 14.6 Å². The third-order valence-corrected chi connectivity index (χ3v) is 4.49. The maximum Gasteiger partial charge on any atom is 0.437 e. The number of hydrogen-bond acceptors (Lipinski definition) is 7. The minimum absolute atomic E-state index is 0.00718. The molecule has 0 aliphatic carbocycles. The highest BCUT2D eigenvalue weighted by atomic mass is 19.1. The fourth-order valence-corrected chi connectivity index (χ4v) is 2.93. The summed E-state index contributed by atoms with van der Waals surface area (Å²) >= 11 is 0. The average molecular weight is 439 g/mol. The van der Waals surface area contributed by atoms with Crippen LogP contribution in [0.5, 0.6) is 5.75 Å². The first-order valence-electron chi connectivity index (χ1n) is 9.17. The zero-order valence-electron chi connectivity index (χ0n) is 16.8. The second-order valence-corrected chi connectivity index (χ2v) is 6.55. The Morgan fingerprint density at radius 2 is 1.88 bits per heavy atom. The van der Waals surface area contributed by atoms with E-state index in [9.17, 15) is 18.4 Å². The van der Waals surface area contributed by atoms with Crippen LogP contribution in [0.1, 0.15) is 10.4 Å². The van der Waals surface area contributed by atoms with Gasteiger partial charge in [-0.1, -0.05) is 6.07 Å². The largest absolute Gasteiger partial charge is 0.496 e. The molecule has 0 aliphatic heterocycles. The monoisotopic (exact) mass is 439 g/mol. The van der Waals surface area contributed by atoms with Crippen molar-refractivity contribution < 1.29 is 22.7 Å². The predicted molar refractivity (Wildman–Crippen MR) is 109 cm³/mol. The molecule has 0 saturated carbocycles. The molecule has 0 atom stereocenters. The van der Waals surface area contributed by atoms with Crippen molar-refractivity contribution in [1.82, 2.24) is 19.7 Å². The lowest BCUT2D eigenvalue weighted by atomic mass is 10.1. The van der Waals surface area contributed by atoms with Gasteiger partial charge >= 0.3 is 5.76 Å². The van der Waals surface area contributed by atoms with Gasteiger partial charge < -0.3 is 14.5 Å². The summed E-state index contributed by atoms with van der Waals surface area (Å²) in [6.07, 6.45) is 2.59. The number of ether oxygens (including phenoxy) is 1. The van der Waals surface area contributed by atoms with Crippen LogP contribution < -0.4 is 15.8 Å². The summed E-state index contributed by atoms with van der Waals surface area (Å²) in [5.74, 6) is -3.01. The molecule has 0 radical (unpaired) electrons. The first-order valence-corrected chi connectivity index (χ1v) is 9.17. The molecule has 0 fully saturated rings. The van der Waals surface area contributed by atoms with E-state index in [-0.39, 0.29) is 11.7 Å². The van der Waals surface area contributed by atoms with Gasteiger partial charge in [-0.05, 0) is 30.3 Å². The molecule has 4 rings (SSSR count). The molecule has 0 saturated heterocycles. The van der Waals surface area contributed by atoms with Crippen molar-refractivity contribution >= 4 is 11.7 Å². The van der Waals surface area contributed by atoms with Gasteiger partial charge in [0.25, 0.3) is 5.91 Å². The summed E-state index contributed by atoms with van der Waals surface area (Å²) in [5, 5.41) is 6.32. The van der Waals surface area contributed by atoms with Gasteiger partial charge in [-0.15, -0.1) is 5.10 Å². The molecule has 0 bridgehead atoms. The molecule has 2 aromatic heterocycles. The number of aromatic nitrogens is 4. The average Bonchev–Trinajstić information content (AvgIpc) is 3.12. The zero-order valence-corrected chi connectivity index (χ0v) is 16.8. The van der Waals surface area contributed by atoms with Crippen molar-refractivity contribution in [1.29, 1.82) is 0 Å². The number of halogens is 2. The van der Waals surface area contributed by atoms with Crippen LogP contribution in [0.2, 0.25) is 0 Å². The van der Waals surface area contributed by atoms with Crippen molar-refractivity contribution in [3.63, 3.8) is 0 Å². The van der Waals surface area contributed by atoms with Crippen LogP contribution >= 0.6 is 0 Å². The van der Waals surface area contributed by atoms with Gasteiger partial charge in [0.1, 0.15) is 22.9 Å². The Bertz CT molecular complexity index is 1350. The van der Waals surface area contributed by atoms with Gasteiger partial charge in [0, 0.05) is 18.2 Å². The first kappa shape index (κ1) is 20.8. The molecule has 9 nitrogen and oxygen atoms in total. The van der Waals surface area contributed by atoms with Crippen LogP contribution in [0.3, 0.4) is 0 Å². The second kappa shape index (κ2) is 8.38. The number of nitrogens with zero attached hydrogens (tertiary/aromatic N) is 4. The summed E-state index contributed by atoms with van der Waals surface area (Å²) in [6.45, 7) is 0. The maximum atomic E-state index is 13.8. The van der Waals surface area contributed by atoms with Crippen LogP contribution in [0.25, 0.3) is 22.7 Å². The van der Waals surface area contributed by atoms with Gasteiger partial charge in [-0.25, -0.2) is 18.6 Å². The Kier molecular flexibility index (Phi) is 5.46. The molecule has 4 aromatic rings. The third kappa shape index (κ3) is 3.95. The Morgan fingerprint density at radius 1 is 1.12 bits per heavy atom. The topological polar surface area (TPSA) is 112 Å². The van der Waals surface area contributed by atoms with E-state index >= 15 is 0 Å². The lowest BCUT2D eigenvalue weighted by Gasteiger charge is -2.10. The quantitative estimate of drug-likeness (QED) is 0.509. The van der Waals surface area contributed by atoms with Gasteiger partial charge in [0.15, 0.2) is 5.82 Å². The van der Waals surface area contributed by atoms with E-state index in [1.54, 1.807) is 18.2 Å². The smallest absolute Gasteiger partial charge is 0.437 e. The number of rotatable bonds is 5. The van der Waals surface area contributed by atoms with Crippen LogP contribution in [0.15, 0.2) is 58.0 Å². The molecular formula is C21H15F2N5O4. The number of nitrogens with one attached hydrogen (secondary N) is 1. The summed E-state index contributed by atoms with van der Waals surface area (Å²) in [6, 6.07) is 8.09. The summed E-state index contributed by atoms with van der Waals surface area (Å²) in [5.41, 5.74) is 0.679. The number of hydrogen-bond donors (Lipinski definition) is 1. The molecule has 1 amide bonds. The van der Waals surface area contributed by atoms with E-state index < -0.39 is 28.9 Å². The SMILES string of the molecule is COc1ccc(-c2nn(C)c(=O)o2)cc1-c1cnc(NC(=O)c2c(F)cccc2F)cn1. The molecule has 162 valence electrons. The van der Waals surface area contributed by atoms with Crippen molar-refractivity contribution in [2.75, 3.05) is 12.4 Å². The highest BCUT2D eigenvalue weighted by molar-refractivity contribution is 6.04. The Hall–Kier alpha value is -4.41. The molecule has 1 N–H and O–H groups in total. The molecule has 32 heavy (non-hydrogen) atoms. The molecule has 0 unspecified atom stereocenters. The van der Waals surface area contributed by atoms with Gasteiger partial charge in [0.2, 0.25) is 5.89 Å². The van der Waals surface area contributed by atoms with Crippen LogP contribution in [0, 0.1) is 11.6 Å². The van der Waals surface area contributed by atoms with E-state index in [4.69, 9.17) is 9.15 Å². The number of anilines is 1. The van der Waals surface area contributed by atoms with Crippen molar-refractivity contribution in [2.45, 2.75) is 0 Å². The fourth-order valence-electron chi connectivity index (χ4n) is 2.93. The van der Waals surface area contributed by atoms with Crippen LogP contribution in [-0.4, -0.2) is 32.8 Å². The lowest BCUT2D eigenvalue weighted by Crippen LogP contribution is -2.16. The highest BCUT2D eigenvalue weighted by Gasteiger charge is 2.18. The number of methoxy groups -OCH3 is 1. The molecule has 2 heterocycles. The Morgan fingerprint density at radius 3 is 2.47 bits per heavy atom. The third-order valence-electron chi connectivity index (χ3n) is 4.49. The van der Waals surface area contributed by atoms with Crippen LogP contribution in [-0.2, 0) is 7.05 Å². The van der Waals surface area contributed by atoms with Crippen molar-refractivity contribution in [2.24, 2.45) is 7.05 Å². The molecule has 2 aromatic carbocycles. The minimum atomic E-state index is -0.993. The van der Waals surface area contributed by atoms with E-state index in [0.717, 1.165) is 22.9 Å². The molecular weight excluding hydrogens is 424 g/mol. The number of carbonyl (C=O) groups is 1. The van der Waals surface area contributed by atoms with E-state index in [0.29, 0.717) is 22.6 Å².